The molecule has 0 radical (unpaired) electrons. The highest BCUT2D eigenvalue weighted by Crippen LogP contribution is 2.31. The Hall–Kier alpha value is -2.61. The van der Waals surface area contributed by atoms with Gasteiger partial charge in [0.25, 0.3) is 5.91 Å². The number of ether oxygens (including phenoxy) is 1. The molecule has 0 aromatic heterocycles. The number of primary amides is 1. The largest absolute Gasteiger partial charge is 0.469 e. The molecule has 0 aliphatic rings. The minimum Gasteiger partial charge on any atom is -0.469 e. The Morgan fingerprint density at radius 2 is 1.61 bits per heavy atom. The molecule has 0 aliphatic carbocycles. The molecule has 2 aromatic carbocycles. The second-order valence-corrected chi connectivity index (χ2v) is 6.24. The van der Waals surface area contributed by atoms with Crippen LogP contribution in [0.4, 0.5) is 0 Å². The Morgan fingerprint density at radius 1 is 1.04 bits per heavy atom. The van der Waals surface area contributed by atoms with Crippen LogP contribution < -0.4 is 16.8 Å². The fourth-order valence-corrected chi connectivity index (χ4v) is 2.76. The number of nitrogens with two attached hydrogens (primary N) is 2. The topological polar surface area (TPSA) is 125 Å². The average Bonchev–Trinajstić information content (AvgIpc) is 2.68. The number of methoxy groups -OCH3 is 1. The van der Waals surface area contributed by atoms with E-state index in [1.807, 2.05) is 30.3 Å². The van der Waals surface area contributed by atoms with Crippen molar-refractivity contribution in [2.45, 2.75) is 6.42 Å². The number of carbonyl (C=O) groups excluding carboxylic acids is 3. The molecule has 9 heteroatoms. The Balaban J connectivity index is 0.000000311. The van der Waals surface area contributed by atoms with Crippen molar-refractivity contribution in [1.82, 2.24) is 5.32 Å². The number of carbonyl (C=O) groups is 3. The molecule has 28 heavy (non-hydrogen) atoms. The Labute approximate surface area is 172 Å². The van der Waals surface area contributed by atoms with Crippen LogP contribution in [0.5, 0.6) is 0 Å². The molecular weight excluding hydrogens is 405 g/mol. The summed E-state index contributed by atoms with van der Waals surface area (Å²) in [6, 6.07) is 13.0. The lowest BCUT2D eigenvalue weighted by Gasteiger charge is -2.07. The quantitative estimate of drug-likeness (QED) is 0.612. The van der Waals surface area contributed by atoms with Gasteiger partial charge in [0, 0.05) is 6.54 Å². The monoisotopic (exact) mass is 425 g/mol. The van der Waals surface area contributed by atoms with Crippen molar-refractivity contribution in [3.63, 3.8) is 0 Å². The van der Waals surface area contributed by atoms with Crippen molar-refractivity contribution in [2.24, 2.45) is 11.5 Å². The molecule has 0 aliphatic heterocycles. The van der Waals surface area contributed by atoms with Crippen LogP contribution in [0.3, 0.4) is 0 Å². The molecule has 0 spiro atoms. The number of amides is 2. The lowest BCUT2D eigenvalue weighted by atomic mass is 10.0. The van der Waals surface area contributed by atoms with E-state index < -0.39 is 5.91 Å². The van der Waals surface area contributed by atoms with Crippen LogP contribution in [0.15, 0.2) is 42.5 Å². The maximum atomic E-state index is 11.1. The van der Waals surface area contributed by atoms with Crippen molar-refractivity contribution in [1.29, 1.82) is 0 Å². The zero-order chi connectivity index (χ0) is 21.1. The predicted molar refractivity (Wildman–Crippen MR) is 109 cm³/mol. The van der Waals surface area contributed by atoms with E-state index in [-0.39, 0.29) is 47.0 Å². The molecule has 0 bridgehead atoms. The van der Waals surface area contributed by atoms with Crippen LogP contribution in [-0.4, -0.2) is 38.0 Å². The Kier molecular flexibility index (Phi) is 10.0. The van der Waals surface area contributed by atoms with E-state index in [2.05, 4.69) is 10.1 Å². The van der Waals surface area contributed by atoms with Crippen LogP contribution in [0.1, 0.15) is 16.8 Å². The van der Waals surface area contributed by atoms with E-state index in [1.54, 1.807) is 12.1 Å². The smallest absolute Gasteiger partial charge is 0.307 e. The molecule has 2 amide bonds. The third-order valence-electron chi connectivity index (χ3n) is 3.46. The maximum absolute atomic E-state index is 11.1. The van der Waals surface area contributed by atoms with Gasteiger partial charge in [0.1, 0.15) is 0 Å². The maximum Gasteiger partial charge on any atom is 0.307 e. The molecule has 0 saturated heterocycles. The van der Waals surface area contributed by atoms with E-state index in [1.165, 1.54) is 7.11 Å². The van der Waals surface area contributed by atoms with Gasteiger partial charge < -0.3 is 21.5 Å². The number of hydrogen-bond donors (Lipinski definition) is 3. The van der Waals surface area contributed by atoms with Crippen LogP contribution in [0.25, 0.3) is 11.1 Å². The van der Waals surface area contributed by atoms with Gasteiger partial charge in [0.15, 0.2) is 0 Å². The summed E-state index contributed by atoms with van der Waals surface area (Å²) < 4.78 is 4.34. The fourth-order valence-electron chi connectivity index (χ4n) is 2.08. The number of nitrogens with one attached hydrogen (secondary N) is 1. The first-order valence-electron chi connectivity index (χ1n) is 8.18. The van der Waals surface area contributed by atoms with Gasteiger partial charge in [0.2, 0.25) is 5.91 Å². The van der Waals surface area contributed by atoms with E-state index in [9.17, 15) is 14.4 Å². The van der Waals surface area contributed by atoms with Gasteiger partial charge in [-0.3, -0.25) is 14.4 Å². The average molecular weight is 426 g/mol. The number of esters is 1. The lowest BCUT2D eigenvalue weighted by Crippen LogP contribution is -2.31. The lowest BCUT2D eigenvalue weighted by molar-refractivity contribution is -0.140. The summed E-state index contributed by atoms with van der Waals surface area (Å²) in [5.41, 5.74) is 12.2. The minimum atomic E-state index is -0.625. The molecule has 5 N–H and O–H groups in total. The second kappa shape index (κ2) is 12.0. The molecule has 0 atom stereocenters. The summed E-state index contributed by atoms with van der Waals surface area (Å²) in [7, 11) is 1.30. The zero-order valence-corrected chi connectivity index (χ0v) is 16.7. The molecule has 2 aromatic rings. The van der Waals surface area contributed by atoms with E-state index in [0.29, 0.717) is 0 Å². The summed E-state index contributed by atoms with van der Waals surface area (Å²) in [4.78, 5) is 32.1. The van der Waals surface area contributed by atoms with Gasteiger partial charge in [-0.25, -0.2) is 0 Å². The van der Waals surface area contributed by atoms with Gasteiger partial charge in [-0.05, 0) is 23.3 Å². The normalized spacial score (nSPS) is 9.71. The highest BCUT2D eigenvalue weighted by atomic mass is 35.5. The van der Waals surface area contributed by atoms with Gasteiger partial charge in [-0.1, -0.05) is 53.5 Å². The first-order chi connectivity index (χ1) is 13.3. The summed E-state index contributed by atoms with van der Waals surface area (Å²) in [6.45, 7) is 0.226. The summed E-state index contributed by atoms with van der Waals surface area (Å²) >= 11 is 12.0. The number of benzene rings is 2. The Bertz CT molecular complexity index is 790. The minimum absolute atomic E-state index is 0.0544. The van der Waals surface area contributed by atoms with Crippen LogP contribution >= 0.6 is 23.2 Å². The third kappa shape index (κ3) is 7.56. The standard InChI is InChI=1S/C13H9Cl2NO.C6H12N2O3/c14-10-6-9(8-4-2-1-3-5-8)7-11(15)12(10)13(16)17;1-11-6(10)2-3-8-5(9)4-7/h1-7H,(H2,16,17);2-4,7H2,1H3,(H,8,9). The highest BCUT2D eigenvalue weighted by molar-refractivity contribution is 6.40. The summed E-state index contributed by atoms with van der Waals surface area (Å²) in [6.07, 6.45) is 0.183. The highest BCUT2D eigenvalue weighted by Gasteiger charge is 2.13. The van der Waals surface area contributed by atoms with Gasteiger partial charge in [-0.15, -0.1) is 0 Å². The van der Waals surface area contributed by atoms with Gasteiger partial charge in [-0.2, -0.15) is 0 Å². The SMILES string of the molecule is COC(=O)CCNC(=O)CN.NC(=O)c1c(Cl)cc(-c2ccccc2)cc1Cl. The fraction of sp³-hybridized carbons (Fsp3) is 0.211. The molecule has 7 nitrogen and oxygen atoms in total. The first-order valence-corrected chi connectivity index (χ1v) is 8.93. The van der Waals surface area contributed by atoms with Crippen LogP contribution in [0.2, 0.25) is 10.0 Å². The predicted octanol–water partition coefficient (Wildman–Crippen LogP) is 2.38. The number of rotatable bonds is 6. The molecular formula is C19H21Cl2N3O4. The Morgan fingerprint density at radius 3 is 2.07 bits per heavy atom. The van der Waals surface area contributed by atoms with Crippen LogP contribution in [0, 0.1) is 0 Å². The molecule has 0 heterocycles. The zero-order valence-electron chi connectivity index (χ0n) is 15.2. The molecule has 150 valence electrons. The van der Waals surface area contributed by atoms with Crippen molar-refractivity contribution >= 4 is 41.0 Å². The van der Waals surface area contributed by atoms with Crippen molar-refractivity contribution in [2.75, 3.05) is 20.2 Å². The van der Waals surface area contributed by atoms with E-state index >= 15 is 0 Å². The molecule has 0 saturated carbocycles. The number of hydrogen-bond acceptors (Lipinski definition) is 5. The number of halogens is 2. The molecule has 2 rings (SSSR count). The summed E-state index contributed by atoms with van der Waals surface area (Å²) in [5.74, 6) is -1.24. The molecule has 0 unspecified atom stereocenters. The van der Waals surface area contributed by atoms with Crippen molar-refractivity contribution in [3.8, 4) is 11.1 Å². The van der Waals surface area contributed by atoms with Crippen LogP contribution in [-0.2, 0) is 14.3 Å². The van der Waals surface area contributed by atoms with E-state index in [4.69, 9.17) is 34.7 Å². The van der Waals surface area contributed by atoms with Crippen molar-refractivity contribution < 1.29 is 19.1 Å². The molecule has 0 fully saturated rings. The summed E-state index contributed by atoms with van der Waals surface area (Å²) in [5, 5.41) is 2.97. The first kappa shape index (κ1) is 23.4. The third-order valence-corrected chi connectivity index (χ3v) is 4.06. The second-order valence-electron chi connectivity index (χ2n) is 5.43. The van der Waals surface area contributed by atoms with Gasteiger partial charge >= 0.3 is 5.97 Å². The van der Waals surface area contributed by atoms with E-state index in [0.717, 1.165) is 11.1 Å². The van der Waals surface area contributed by atoms with Crippen molar-refractivity contribution in [3.05, 3.63) is 58.1 Å². The van der Waals surface area contributed by atoms with Gasteiger partial charge in [0.05, 0.1) is 35.7 Å².